The van der Waals surface area contributed by atoms with E-state index in [2.05, 4.69) is 24.1 Å². The van der Waals surface area contributed by atoms with Gasteiger partial charge in [0.15, 0.2) is 0 Å². The first-order chi connectivity index (χ1) is 10.5. The maximum absolute atomic E-state index is 13.8. The van der Waals surface area contributed by atoms with Crippen molar-refractivity contribution in [1.29, 1.82) is 0 Å². The van der Waals surface area contributed by atoms with E-state index in [-0.39, 0.29) is 23.8 Å². The summed E-state index contributed by atoms with van der Waals surface area (Å²) in [4.78, 5) is 19.2. The van der Waals surface area contributed by atoms with E-state index in [1.54, 1.807) is 24.4 Å². The van der Waals surface area contributed by atoms with Crippen molar-refractivity contribution in [3.05, 3.63) is 41.2 Å². The minimum atomic E-state index is -0.319. The van der Waals surface area contributed by atoms with E-state index in [9.17, 15) is 9.18 Å². The summed E-state index contributed by atoms with van der Waals surface area (Å²) in [6, 6.07) is 7.02. The lowest BCUT2D eigenvalue weighted by Crippen LogP contribution is -2.55. The largest absolute Gasteiger partial charge is 0.335 e. The zero-order chi connectivity index (χ0) is 15.7. The van der Waals surface area contributed by atoms with Gasteiger partial charge in [0.05, 0.1) is 6.20 Å². The summed E-state index contributed by atoms with van der Waals surface area (Å²) in [5.74, 6) is -0.347. The Morgan fingerprint density at radius 1 is 1.32 bits per heavy atom. The van der Waals surface area contributed by atoms with Crippen LogP contribution in [0.2, 0.25) is 0 Å². The zero-order valence-corrected chi connectivity index (χ0v) is 13.4. The van der Waals surface area contributed by atoms with Crippen LogP contribution < -0.4 is 5.32 Å². The first-order valence-corrected chi connectivity index (χ1v) is 8.12. The molecule has 1 aliphatic rings. The van der Waals surface area contributed by atoms with E-state index < -0.39 is 0 Å². The highest BCUT2D eigenvalue weighted by molar-refractivity contribution is 7.16. The van der Waals surface area contributed by atoms with Crippen molar-refractivity contribution in [1.82, 2.24) is 15.2 Å². The minimum absolute atomic E-state index is 0.0275. The smallest absolute Gasteiger partial charge is 0.265 e. The summed E-state index contributed by atoms with van der Waals surface area (Å²) in [6.45, 7) is 5.48. The molecule has 0 aliphatic carbocycles. The van der Waals surface area contributed by atoms with Crippen molar-refractivity contribution in [2.45, 2.75) is 25.9 Å². The Morgan fingerprint density at radius 2 is 2.00 bits per heavy atom. The van der Waals surface area contributed by atoms with Crippen LogP contribution >= 0.6 is 11.3 Å². The van der Waals surface area contributed by atoms with Gasteiger partial charge in [0.2, 0.25) is 0 Å². The number of nitrogens with zero attached hydrogens (tertiary/aromatic N) is 2. The van der Waals surface area contributed by atoms with Gasteiger partial charge in [-0.15, -0.1) is 11.3 Å². The topological polar surface area (TPSA) is 45.2 Å². The van der Waals surface area contributed by atoms with E-state index in [4.69, 9.17) is 0 Å². The lowest BCUT2D eigenvalue weighted by atomic mass is 10.1. The van der Waals surface area contributed by atoms with Crippen LogP contribution in [0.25, 0.3) is 10.6 Å². The highest BCUT2D eigenvalue weighted by Gasteiger charge is 2.27. The normalized spacial score (nSPS) is 21.9. The zero-order valence-electron chi connectivity index (χ0n) is 12.5. The van der Waals surface area contributed by atoms with Gasteiger partial charge < -0.3 is 10.2 Å². The average Bonchev–Trinajstić information content (AvgIpc) is 2.95. The van der Waals surface area contributed by atoms with Crippen LogP contribution in [-0.4, -0.2) is 41.0 Å². The highest BCUT2D eigenvalue weighted by Crippen LogP contribution is 2.28. The molecule has 1 aromatic heterocycles. The molecule has 4 nitrogen and oxygen atoms in total. The fourth-order valence-corrected chi connectivity index (χ4v) is 3.69. The van der Waals surface area contributed by atoms with Gasteiger partial charge >= 0.3 is 0 Å². The molecule has 1 aliphatic heterocycles. The lowest BCUT2D eigenvalue weighted by Gasteiger charge is -2.35. The molecule has 116 valence electrons. The summed E-state index contributed by atoms with van der Waals surface area (Å²) in [5, 5.41) is 3.94. The fourth-order valence-electron chi connectivity index (χ4n) is 2.78. The molecule has 6 heteroatoms. The summed E-state index contributed by atoms with van der Waals surface area (Å²) >= 11 is 1.24. The summed E-state index contributed by atoms with van der Waals surface area (Å²) < 4.78 is 13.8. The summed E-state index contributed by atoms with van der Waals surface area (Å²) in [7, 11) is 0. The molecule has 1 saturated heterocycles. The molecule has 2 heterocycles. The number of hydrogen-bond acceptors (Lipinski definition) is 4. The number of nitrogens with one attached hydrogen (secondary N) is 1. The number of carbonyl (C=O) groups excluding carboxylic acids is 1. The second-order valence-electron chi connectivity index (χ2n) is 5.69. The van der Waals surface area contributed by atoms with Gasteiger partial charge in [0, 0.05) is 30.7 Å². The molecule has 1 amide bonds. The number of benzene rings is 1. The highest BCUT2D eigenvalue weighted by atomic mass is 32.1. The number of carbonyl (C=O) groups is 1. The standard InChI is InChI=1S/C16H18FN3OS/c1-10-8-20(9-11(2)19-10)16(21)14-7-18-15(22-14)12-5-3-4-6-13(12)17/h3-7,10-11,19H,8-9H2,1-2H3/t10-,11-/m1/s1. The van der Waals surface area contributed by atoms with Crippen molar-refractivity contribution >= 4 is 17.2 Å². The first kappa shape index (κ1) is 15.1. The van der Waals surface area contributed by atoms with E-state index in [0.29, 0.717) is 28.5 Å². The molecular weight excluding hydrogens is 301 g/mol. The average molecular weight is 319 g/mol. The van der Waals surface area contributed by atoms with Crippen LogP contribution in [0, 0.1) is 5.82 Å². The number of hydrogen-bond donors (Lipinski definition) is 1. The van der Waals surface area contributed by atoms with Gasteiger partial charge in [0.1, 0.15) is 15.7 Å². The van der Waals surface area contributed by atoms with Crippen LogP contribution in [0.1, 0.15) is 23.5 Å². The molecule has 3 rings (SSSR count). The molecule has 1 aromatic carbocycles. The molecule has 1 N–H and O–H groups in total. The second kappa shape index (κ2) is 6.14. The van der Waals surface area contributed by atoms with Crippen molar-refractivity contribution in [2.24, 2.45) is 0 Å². The molecule has 0 spiro atoms. The Morgan fingerprint density at radius 3 is 2.68 bits per heavy atom. The lowest BCUT2D eigenvalue weighted by molar-refractivity contribution is 0.0678. The number of thiazole rings is 1. The molecule has 0 bridgehead atoms. The third-order valence-electron chi connectivity index (χ3n) is 3.67. The molecule has 0 unspecified atom stereocenters. The summed E-state index contributed by atoms with van der Waals surface area (Å²) in [5.41, 5.74) is 0.439. The number of piperazine rings is 1. The first-order valence-electron chi connectivity index (χ1n) is 7.30. The Balaban J connectivity index is 1.82. The van der Waals surface area contributed by atoms with Crippen molar-refractivity contribution in [3.8, 4) is 10.6 Å². The van der Waals surface area contributed by atoms with E-state index >= 15 is 0 Å². The Kier molecular flexibility index (Phi) is 4.22. The van der Waals surface area contributed by atoms with E-state index in [0.717, 1.165) is 0 Å². The van der Waals surface area contributed by atoms with Gasteiger partial charge in [-0.2, -0.15) is 0 Å². The molecular formula is C16H18FN3OS. The third kappa shape index (κ3) is 3.03. The monoisotopic (exact) mass is 319 g/mol. The number of aromatic nitrogens is 1. The maximum Gasteiger partial charge on any atom is 0.265 e. The number of amides is 1. The maximum atomic E-state index is 13.8. The Bertz CT molecular complexity index is 678. The van der Waals surface area contributed by atoms with Crippen LogP contribution in [0.3, 0.4) is 0 Å². The van der Waals surface area contributed by atoms with Crippen LogP contribution in [0.5, 0.6) is 0 Å². The predicted molar refractivity (Wildman–Crippen MR) is 85.5 cm³/mol. The SMILES string of the molecule is C[C@@H]1CN(C(=O)c2cnc(-c3ccccc3F)s2)C[C@@H](C)N1. The Labute approximate surface area is 133 Å². The van der Waals surface area contributed by atoms with Crippen LogP contribution in [-0.2, 0) is 0 Å². The molecule has 0 saturated carbocycles. The molecule has 22 heavy (non-hydrogen) atoms. The molecule has 0 radical (unpaired) electrons. The second-order valence-corrected chi connectivity index (χ2v) is 6.72. The van der Waals surface area contributed by atoms with Gasteiger partial charge in [0.25, 0.3) is 5.91 Å². The van der Waals surface area contributed by atoms with Crippen molar-refractivity contribution in [3.63, 3.8) is 0 Å². The van der Waals surface area contributed by atoms with Gasteiger partial charge in [-0.1, -0.05) is 12.1 Å². The van der Waals surface area contributed by atoms with Gasteiger partial charge in [-0.3, -0.25) is 4.79 Å². The van der Waals surface area contributed by atoms with Crippen molar-refractivity contribution < 1.29 is 9.18 Å². The summed E-state index contributed by atoms with van der Waals surface area (Å²) in [6.07, 6.45) is 1.55. The fraction of sp³-hybridized carbons (Fsp3) is 0.375. The number of halogens is 1. The molecule has 2 atom stereocenters. The quantitative estimate of drug-likeness (QED) is 0.926. The molecule has 2 aromatic rings. The molecule has 1 fully saturated rings. The third-order valence-corrected chi connectivity index (χ3v) is 4.68. The van der Waals surface area contributed by atoms with Crippen molar-refractivity contribution in [2.75, 3.05) is 13.1 Å². The Hall–Kier alpha value is -1.79. The predicted octanol–water partition coefficient (Wildman–Crippen LogP) is 2.77. The van der Waals surface area contributed by atoms with Gasteiger partial charge in [-0.25, -0.2) is 9.37 Å². The van der Waals surface area contributed by atoms with Gasteiger partial charge in [-0.05, 0) is 26.0 Å². The van der Waals surface area contributed by atoms with E-state index in [1.165, 1.54) is 17.4 Å². The number of rotatable bonds is 2. The van der Waals surface area contributed by atoms with E-state index in [1.807, 2.05) is 4.90 Å². The van der Waals surface area contributed by atoms with Crippen LogP contribution in [0.4, 0.5) is 4.39 Å². The van der Waals surface area contributed by atoms with Crippen LogP contribution in [0.15, 0.2) is 30.5 Å². The minimum Gasteiger partial charge on any atom is -0.335 e.